The van der Waals surface area contributed by atoms with Crippen molar-refractivity contribution in [3.8, 4) is 5.75 Å². The van der Waals surface area contributed by atoms with Gasteiger partial charge in [-0.1, -0.05) is 23.7 Å². The van der Waals surface area contributed by atoms with E-state index in [9.17, 15) is 0 Å². The number of para-hydroxylation sites is 1. The molecule has 142 valence electrons. The van der Waals surface area contributed by atoms with Gasteiger partial charge in [-0.25, -0.2) is 0 Å². The second kappa shape index (κ2) is 11.4. The normalized spacial score (nSPS) is 12.7. The summed E-state index contributed by atoms with van der Waals surface area (Å²) in [4.78, 5) is 4.20. The lowest BCUT2D eigenvalue weighted by Crippen LogP contribution is -2.42. The third-order valence-corrected chi connectivity index (χ3v) is 3.84. The second-order valence-corrected chi connectivity index (χ2v) is 6.13. The molecule has 0 radical (unpaired) electrons. The highest BCUT2D eigenvalue weighted by Gasteiger charge is 2.08. The molecule has 0 saturated heterocycles. The van der Waals surface area contributed by atoms with Gasteiger partial charge in [0.15, 0.2) is 5.96 Å². The van der Waals surface area contributed by atoms with Crippen LogP contribution in [0.25, 0.3) is 0 Å². The highest BCUT2D eigenvalue weighted by molar-refractivity contribution is 6.32. The van der Waals surface area contributed by atoms with Crippen molar-refractivity contribution in [2.45, 2.75) is 26.1 Å². The van der Waals surface area contributed by atoms with Gasteiger partial charge in [-0.3, -0.25) is 4.99 Å². The van der Waals surface area contributed by atoms with Crippen molar-refractivity contribution in [2.24, 2.45) is 4.99 Å². The van der Waals surface area contributed by atoms with Gasteiger partial charge in [0.1, 0.15) is 24.2 Å². The minimum absolute atomic E-state index is 0.0509. The Balaban J connectivity index is 1.57. The number of nitrogens with one attached hydrogen (secondary N) is 2. The molecular weight excluding hydrogens is 354 g/mol. The van der Waals surface area contributed by atoms with Crippen LogP contribution in [0.3, 0.4) is 0 Å². The van der Waals surface area contributed by atoms with Gasteiger partial charge in [0.2, 0.25) is 0 Å². The largest absolute Gasteiger partial charge is 0.487 e. The van der Waals surface area contributed by atoms with E-state index in [1.807, 2.05) is 43.3 Å². The van der Waals surface area contributed by atoms with Crippen LogP contribution >= 0.6 is 11.6 Å². The zero-order valence-corrected chi connectivity index (χ0v) is 16.0. The topological polar surface area (TPSA) is 68.0 Å². The first kappa shape index (κ1) is 20.1. The number of benzene rings is 1. The van der Waals surface area contributed by atoms with Gasteiger partial charge in [0.25, 0.3) is 0 Å². The molecule has 1 unspecified atom stereocenters. The molecule has 2 rings (SSSR count). The molecule has 6 nitrogen and oxygen atoms in total. The Morgan fingerprint density at radius 3 is 2.81 bits per heavy atom. The van der Waals surface area contributed by atoms with Crippen LogP contribution < -0.4 is 15.4 Å². The van der Waals surface area contributed by atoms with Gasteiger partial charge in [0.05, 0.1) is 17.8 Å². The molecule has 0 aliphatic heterocycles. The zero-order valence-electron chi connectivity index (χ0n) is 15.2. The molecule has 1 atom stereocenters. The van der Waals surface area contributed by atoms with E-state index < -0.39 is 0 Å². The van der Waals surface area contributed by atoms with E-state index in [2.05, 4.69) is 15.6 Å². The molecule has 1 aromatic carbocycles. The van der Waals surface area contributed by atoms with Gasteiger partial charge < -0.3 is 24.5 Å². The molecule has 0 spiro atoms. The van der Waals surface area contributed by atoms with Crippen molar-refractivity contribution in [2.75, 3.05) is 26.7 Å². The molecule has 7 heteroatoms. The fourth-order valence-electron chi connectivity index (χ4n) is 2.21. The number of guanidine groups is 1. The third kappa shape index (κ3) is 7.37. The second-order valence-electron chi connectivity index (χ2n) is 5.72. The predicted molar refractivity (Wildman–Crippen MR) is 104 cm³/mol. The summed E-state index contributed by atoms with van der Waals surface area (Å²) in [6, 6.07) is 11.2. The third-order valence-electron chi connectivity index (χ3n) is 3.53. The molecule has 0 fully saturated rings. The molecule has 0 bridgehead atoms. The molecule has 1 aromatic heterocycles. The van der Waals surface area contributed by atoms with E-state index in [-0.39, 0.29) is 6.10 Å². The number of furan rings is 1. The Labute approximate surface area is 159 Å². The Morgan fingerprint density at radius 1 is 1.23 bits per heavy atom. The minimum Gasteiger partial charge on any atom is -0.487 e. The van der Waals surface area contributed by atoms with Crippen LogP contribution in [0.2, 0.25) is 5.02 Å². The van der Waals surface area contributed by atoms with Gasteiger partial charge in [-0.15, -0.1) is 0 Å². The van der Waals surface area contributed by atoms with Crippen molar-refractivity contribution in [3.05, 3.63) is 53.4 Å². The van der Waals surface area contributed by atoms with Crippen molar-refractivity contribution in [1.29, 1.82) is 0 Å². The van der Waals surface area contributed by atoms with E-state index in [1.165, 1.54) is 0 Å². The summed E-state index contributed by atoms with van der Waals surface area (Å²) in [5.74, 6) is 2.24. The van der Waals surface area contributed by atoms with Crippen LogP contribution in [0.4, 0.5) is 0 Å². The van der Waals surface area contributed by atoms with Gasteiger partial charge >= 0.3 is 0 Å². The lowest BCUT2D eigenvalue weighted by molar-refractivity contribution is 0.105. The number of nitrogens with zero attached hydrogens (tertiary/aromatic N) is 1. The SMILES string of the molecule is CN=C(NCCCOCc1ccco1)NCC(C)Oc1ccccc1Cl. The highest BCUT2D eigenvalue weighted by atomic mass is 35.5. The smallest absolute Gasteiger partial charge is 0.191 e. The number of halogens is 1. The average Bonchev–Trinajstić information content (AvgIpc) is 3.16. The van der Waals surface area contributed by atoms with Crippen LogP contribution in [-0.2, 0) is 11.3 Å². The molecule has 2 aromatic rings. The summed E-state index contributed by atoms with van der Waals surface area (Å²) in [6.45, 7) is 4.50. The van der Waals surface area contributed by atoms with Crippen LogP contribution in [0, 0.1) is 0 Å². The Kier molecular flexibility index (Phi) is 8.86. The molecule has 1 heterocycles. The number of hydrogen-bond donors (Lipinski definition) is 2. The maximum absolute atomic E-state index is 6.10. The van der Waals surface area contributed by atoms with Crippen molar-refractivity contribution < 1.29 is 13.9 Å². The molecular formula is C19H26ClN3O3. The van der Waals surface area contributed by atoms with Gasteiger partial charge in [0, 0.05) is 20.2 Å². The van der Waals surface area contributed by atoms with Crippen LogP contribution in [0.15, 0.2) is 52.1 Å². The summed E-state index contributed by atoms with van der Waals surface area (Å²) in [6.07, 6.45) is 2.46. The Hall–Kier alpha value is -2.18. The number of hydrogen-bond acceptors (Lipinski definition) is 4. The standard InChI is InChI=1S/C19H26ClN3O3/c1-15(26-18-9-4-3-8-17(18)20)13-23-19(21-2)22-10-6-11-24-14-16-7-5-12-25-16/h3-5,7-9,12,15H,6,10-11,13-14H2,1-2H3,(H2,21,22,23). The summed E-state index contributed by atoms with van der Waals surface area (Å²) in [5, 5.41) is 7.09. The Morgan fingerprint density at radius 2 is 2.08 bits per heavy atom. The maximum atomic E-state index is 6.10. The van der Waals surface area contributed by atoms with E-state index in [0.29, 0.717) is 30.5 Å². The molecule has 2 N–H and O–H groups in total. The molecule has 26 heavy (non-hydrogen) atoms. The van der Waals surface area contributed by atoms with E-state index in [0.717, 1.165) is 24.7 Å². The Bertz CT molecular complexity index is 662. The van der Waals surface area contributed by atoms with E-state index in [1.54, 1.807) is 13.3 Å². The van der Waals surface area contributed by atoms with Crippen molar-refractivity contribution in [3.63, 3.8) is 0 Å². The van der Waals surface area contributed by atoms with Gasteiger partial charge in [-0.05, 0) is 37.6 Å². The number of ether oxygens (including phenoxy) is 2. The summed E-state index contributed by atoms with van der Waals surface area (Å²) < 4.78 is 16.6. The molecule has 0 amide bonds. The van der Waals surface area contributed by atoms with E-state index in [4.69, 9.17) is 25.5 Å². The summed E-state index contributed by atoms with van der Waals surface area (Å²) in [7, 11) is 1.74. The van der Waals surface area contributed by atoms with Crippen LogP contribution in [-0.4, -0.2) is 38.8 Å². The summed E-state index contributed by atoms with van der Waals surface area (Å²) >= 11 is 6.10. The van der Waals surface area contributed by atoms with Crippen LogP contribution in [0.1, 0.15) is 19.1 Å². The first-order valence-corrected chi connectivity index (χ1v) is 9.02. The fraction of sp³-hybridized carbons (Fsp3) is 0.421. The van der Waals surface area contributed by atoms with Crippen molar-refractivity contribution in [1.82, 2.24) is 10.6 Å². The lowest BCUT2D eigenvalue weighted by Gasteiger charge is -2.18. The monoisotopic (exact) mass is 379 g/mol. The van der Waals surface area contributed by atoms with E-state index >= 15 is 0 Å². The highest BCUT2D eigenvalue weighted by Crippen LogP contribution is 2.23. The maximum Gasteiger partial charge on any atom is 0.191 e. The number of aliphatic imine (C=N–C) groups is 1. The average molecular weight is 380 g/mol. The first-order chi connectivity index (χ1) is 12.7. The number of rotatable bonds is 10. The lowest BCUT2D eigenvalue weighted by atomic mass is 10.3. The first-order valence-electron chi connectivity index (χ1n) is 8.65. The predicted octanol–water partition coefficient (Wildman–Crippen LogP) is 3.47. The zero-order chi connectivity index (χ0) is 18.6. The van der Waals surface area contributed by atoms with Crippen LogP contribution in [0.5, 0.6) is 5.75 Å². The van der Waals surface area contributed by atoms with Gasteiger partial charge in [-0.2, -0.15) is 0 Å². The van der Waals surface area contributed by atoms with Crippen molar-refractivity contribution >= 4 is 17.6 Å². The molecule has 0 aliphatic carbocycles. The quantitative estimate of drug-likeness (QED) is 0.376. The fourth-order valence-corrected chi connectivity index (χ4v) is 2.39. The molecule has 0 saturated carbocycles. The molecule has 0 aliphatic rings. The summed E-state index contributed by atoms with van der Waals surface area (Å²) in [5.41, 5.74) is 0. The minimum atomic E-state index is -0.0509.